The van der Waals surface area contributed by atoms with Gasteiger partial charge in [-0.2, -0.15) is 0 Å². The summed E-state index contributed by atoms with van der Waals surface area (Å²) in [5, 5.41) is 21.9. The molecule has 0 aliphatic carbocycles. The number of aromatic hydroxyl groups is 1. The molecule has 7 rings (SSSR count). The van der Waals surface area contributed by atoms with Crippen molar-refractivity contribution < 1.29 is 24.5 Å². The molecule has 0 saturated carbocycles. The van der Waals surface area contributed by atoms with E-state index in [1.165, 1.54) is 16.5 Å². The van der Waals surface area contributed by atoms with Crippen molar-refractivity contribution in [2.75, 3.05) is 13.1 Å². The maximum atomic E-state index is 12.3. The van der Waals surface area contributed by atoms with Gasteiger partial charge in [0.1, 0.15) is 41.8 Å². The lowest BCUT2D eigenvalue weighted by atomic mass is 9.86. The van der Waals surface area contributed by atoms with Crippen LogP contribution in [0.5, 0.6) is 28.7 Å². The Bertz CT molecular complexity index is 1750. The van der Waals surface area contributed by atoms with E-state index >= 15 is 0 Å². The van der Waals surface area contributed by atoms with Gasteiger partial charge >= 0.3 is 5.97 Å². The van der Waals surface area contributed by atoms with Crippen molar-refractivity contribution in [1.29, 1.82) is 0 Å². The second-order valence-electron chi connectivity index (χ2n) is 10.0. The predicted molar refractivity (Wildman–Crippen MR) is 143 cm³/mol. The van der Waals surface area contributed by atoms with Crippen LogP contribution in [0.4, 0.5) is 0 Å². The Hall–Kier alpha value is -4.58. The van der Waals surface area contributed by atoms with Crippen molar-refractivity contribution in [3.63, 3.8) is 0 Å². The average molecular weight is 505 g/mol. The van der Waals surface area contributed by atoms with Gasteiger partial charge in [0.15, 0.2) is 0 Å². The van der Waals surface area contributed by atoms with Crippen LogP contribution < -0.4 is 24.6 Å². The molecule has 0 aromatic heterocycles. The van der Waals surface area contributed by atoms with Crippen LogP contribution in [0.1, 0.15) is 45.5 Å². The maximum Gasteiger partial charge on any atom is 0.336 e. The van der Waals surface area contributed by atoms with Gasteiger partial charge in [-0.05, 0) is 66.9 Å². The number of hydrogen-bond acceptors (Lipinski definition) is 4. The summed E-state index contributed by atoms with van der Waals surface area (Å²) >= 11 is 0. The van der Waals surface area contributed by atoms with E-state index in [1.54, 1.807) is 36.4 Å². The Morgan fingerprint density at radius 1 is 0.868 bits per heavy atom. The lowest BCUT2D eigenvalue weighted by Gasteiger charge is -2.27. The summed E-state index contributed by atoms with van der Waals surface area (Å²) in [4.78, 5) is 12.3. The summed E-state index contributed by atoms with van der Waals surface area (Å²) in [6.45, 7) is 2.11. The Labute approximate surface area is 219 Å². The van der Waals surface area contributed by atoms with Gasteiger partial charge in [-0.1, -0.05) is 18.2 Å². The van der Waals surface area contributed by atoms with Crippen molar-refractivity contribution in [1.82, 2.24) is 4.58 Å². The van der Waals surface area contributed by atoms with Gasteiger partial charge in [-0.25, -0.2) is 9.37 Å². The number of aryl methyl sites for hydroxylation is 1. The second-order valence-corrected chi connectivity index (χ2v) is 10.0. The summed E-state index contributed by atoms with van der Waals surface area (Å²) in [6.07, 6.45) is 4.10. The highest BCUT2D eigenvalue weighted by atomic mass is 16.5. The molecule has 0 unspecified atom stereocenters. The molecule has 3 aliphatic heterocycles. The van der Waals surface area contributed by atoms with Crippen molar-refractivity contribution in [3.8, 4) is 28.7 Å². The number of aromatic carboxylic acids is 1. The molecule has 188 valence electrons. The van der Waals surface area contributed by atoms with E-state index in [2.05, 4.69) is 10.6 Å². The second kappa shape index (κ2) is 8.77. The number of fused-ring (bicyclic) bond motifs is 3. The van der Waals surface area contributed by atoms with Gasteiger partial charge < -0.3 is 19.7 Å². The van der Waals surface area contributed by atoms with Crippen LogP contribution in [-0.4, -0.2) is 29.3 Å². The van der Waals surface area contributed by atoms with Crippen LogP contribution in [0.25, 0.3) is 5.57 Å². The zero-order chi connectivity index (χ0) is 25.8. The van der Waals surface area contributed by atoms with E-state index in [9.17, 15) is 15.0 Å². The molecule has 6 heteroatoms. The largest absolute Gasteiger partial charge is 0.508 e. The summed E-state index contributed by atoms with van der Waals surface area (Å²) in [7, 11) is 0. The molecular weight excluding hydrogens is 478 g/mol. The zero-order valence-corrected chi connectivity index (χ0v) is 20.7. The highest BCUT2D eigenvalue weighted by Gasteiger charge is 2.32. The fraction of sp³-hybridized carbons (Fsp3) is 0.188. The van der Waals surface area contributed by atoms with Crippen LogP contribution in [0.15, 0.2) is 72.8 Å². The molecule has 4 aromatic rings. The first-order valence-electron chi connectivity index (χ1n) is 13.0. The van der Waals surface area contributed by atoms with Crippen LogP contribution in [0.3, 0.4) is 0 Å². The van der Waals surface area contributed by atoms with Crippen LogP contribution in [-0.2, 0) is 12.8 Å². The molecule has 2 N–H and O–H groups in total. The minimum absolute atomic E-state index is 0.172. The summed E-state index contributed by atoms with van der Waals surface area (Å²) < 4.78 is 15.2. The van der Waals surface area contributed by atoms with Crippen molar-refractivity contribution in [2.24, 2.45) is 0 Å². The first kappa shape index (κ1) is 22.6. The van der Waals surface area contributed by atoms with E-state index in [0.29, 0.717) is 22.8 Å². The van der Waals surface area contributed by atoms with Crippen molar-refractivity contribution >= 4 is 11.5 Å². The molecule has 4 aromatic carbocycles. The van der Waals surface area contributed by atoms with Gasteiger partial charge in [-0.3, -0.25) is 0 Å². The number of ether oxygens (including phenoxy) is 2. The smallest absolute Gasteiger partial charge is 0.336 e. The van der Waals surface area contributed by atoms with Gasteiger partial charge in [0.05, 0.1) is 11.1 Å². The Balaban J connectivity index is 1.50. The third-order valence-electron chi connectivity index (χ3n) is 7.68. The Morgan fingerprint density at radius 3 is 2.45 bits per heavy atom. The number of benzene rings is 4. The van der Waals surface area contributed by atoms with Gasteiger partial charge in [0.2, 0.25) is 5.36 Å². The van der Waals surface area contributed by atoms with Gasteiger partial charge in [-0.15, -0.1) is 0 Å². The number of phenols is 1. The summed E-state index contributed by atoms with van der Waals surface area (Å²) in [5.41, 5.74) is 5.17. The molecule has 0 fully saturated rings. The van der Waals surface area contributed by atoms with E-state index in [0.717, 1.165) is 60.9 Å². The molecule has 0 spiro atoms. The normalized spacial score (nSPS) is 15.2. The average Bonchev–Trinajstić information content (AvgIpc) is 2.93. The highest BCUT2D eigenvalue weighted by Crippen LogP contribution is 2.41. The fourth-order valence-corrected chi connectivity index (χ4v) is 6.07. The molecule has 3 aliphatic rings. The van der Waals surface area contributed by atoms with Crippen LogP contribution in [0.2, 0.25) is 0 Å². The molecule has 0 atom stereocenters. The Kier molecular flexibility index (Phi) is 5.22. The SMILES string of the molecule is O=C(O)c1ccccc1C1=c2cc3c4c(c2Oc2cc(Oc5ccc(O)cc5)ccc21)CCC[N+]=4CCC3. The molecule has 38 heavy (non-hydrogen) atoms. The van der Waals surface area contributed by atoms with E-state index in [-0.39, 0.29) is 11.3 Å². The van der Waals surface area contributed by atoms with Gasteiger partial charge in [0, 0.05) is 40.8 Å². The number of nitrogens with zero attached hydrogens (tertiary/aromatic N) is 1. The topological polar surface area (TPSA) is 79.0 Å². The van der Waals surface area contributed by atoms with Crippen LogP contribution in [0, 0.1) is 0 Å². The van der Waals surface area contributed by atoms with Gasteiger partial charge in [0.25, 0.3) is 0 Å². The highest BCUT2D eigenvalue weighted by molar-refractivity contribution is 5.98. The molecule has 0 amide bonds. The quantitative estimate of drug-likeness (QED) is 0.349. The monoisotopic (exact) mass is 504 g/mol. The number of rotatable bonds is 4. The molecular formula is C32H26NO5+. The first-order valence-corrected chi connectivity index (χ1v) is 13.0. The van der Waals surface area contributed by atoms with E-state index in [4.69, 9.17) is 9.47 Å². The number of carboxylic acids is 1. The molecule has 0 radical (unpaired) electrons. The van der Waals surface area contributed by atoms with E-state index < -0.39 is 5.97 Å². The number of carbonyl (C=O) groups is 1. The fourth-order valence-electron chi connectivity index (χ4n) is 6.07. The lowest BCUT2D eigenvalue weighted by molar-refractivity contribution is 0.0696. The van der Waals surface area contributed by atoms with Crippen molar-refractivity contribution in [2.45, 2.75) is 25.7 Å². The Morgan fingerprint density at radius 2 is 1.63 bits per heavy atom. The third kappa shape index (κ3) is 3.64. The third-order valence-corrected chi connectivity index (χ3v) is 7.68. The number of carboxylic acid groups (broad SMARTS) is 1. The molecule has 0 saturated heterocycles. The number of hydrogen-bond donors (Lipinski definition) is 2. The number of phenolic OH excluding ortho intramolecular Hbond substituents is 1. The predicted octanol–water partition coefficient (Wildman–Crippen LogP) is 4.62. The first-order chi connectivity index (χ1) is 18.6. The zero-order valence-electron chi connectivity index (χ0n) is 20.7. The minimum atomic E-state index is -0.958. The summed E-state index contributed by atoms with van der Waals surface area (Å²) in [5.74, 6) is 1.86. The summed E-state index contributed by atoms with van der Waals surface area (Å²) in [6, 6.07) is 21.7. The standard InChI is InChI=1S/C32H25NO5/c34-20-9-11-21(12-10-20)37-22-13-14-25-28(18-22)38-31-26-8-4-16-33-15-3-5-19(30(26)33)17-27(31)29(25)23-6-1-2-7-24(23)32(35)36/h1-2,6-7,9-14,17-18H,3-5,8,15-16H2,(H-,34,35,36)/p+1. The van der Waals surface area contributed by atoms with E-state index in [1.807, 2.05) is 30.3 Å². The lowest BCUT2D eigenvalue weighted by Crippen LogP contribution is -2.45. The van der Waals surface area contributed by atoms with Crippen molar-refractivity contribution in [3.05, 3.63) is 111 Å². The van der Waals surface area contributed by atoms with Crippen LogP contribution >= 0.6 is 0 Å². The maximum absolute atomic E-state index is 12.3. The minimum Gasteiger partial charge on any atom is -0.508 e. The molecule has 6 nitrogen and oxygen atoms in total. The molecule has 0 bridgehead atoms. The molecule has 3 heterocycles.